The maximum atomic E-state index is 12.1. The van der Waals surface area contributed by atoms with Gasteiger partial charge in [-0.25, -0.2) is 4.79 Å². The quantitative estimate of drug-likeness (QED) is 0.465. The molecule has 1 aromatic rings. The summed E-state index contributed by atoms with van der Waals surface area (Å²) >= 11 is 0. The van der Waals surface area contributed by atoms with Gasteiger partial charge in [0.15, 0.2) is 0 Å². The minimum atomic E-state index is -0.480. The fourth-order valence-electron chi connectivity index (χ4n) is 2.94. The molecule has 0 saturated heterocycles. The minimum Gasteiger partial charge on any atom is -0.459 e. The fraction of sp³-hybridized carbons (Fsp3) is 0.562. The Morgan fingerprint density at radius 2 is 1.90 bits per heavy atom. The predicted molar refractivity (Wildman–Crippen MR) is 79.2 cm³/mol. The highest BCUT2D eigenvalue weighted by Crippen LogP contribution is 2.30. The molecule has 5 heteroatoms. The van der Waals surface area contributed by atoms with Crippen molar-refractivity contribution in [2.45, 2.75) is 51.6 Å². The molecule has 0 unspecified atom stereocenters. The Morgan fingerprint density at radius 3 is 2.43 bits per heavy atom. The van der Waals surface area contributed by atoms with E-state index in [1.54, 1.807) is 0 Å². The highest BCUT2D eigenvalue weighted by Gasteiger charge is 2.26. The molecule has 0 spiro atoms. The van der Waals surface area contributed by atoms with Crippen LogP contribution in [0.4, 0.5) is 5.69 Å². The molecule has 0 heterocycles. The number of non-ortho nitro benzene ring substituents is 1. The van der Waals surface area contributed by atoms with Crippen molar-refractivity contribution in [2.24, 2.45) is 5.92 Å². The third-order valence-electron chi connectivity index (χ3n) is 4.15. The second-order valence-electron chi connectivity index (χ2n) is 5.55. The lowest BCUT2D eigenvalue weighted by Gasteiger charge is -2.29. The Morgan fingerprint density at radius 1 is 1.29 bits per heavy atom. The maximum absolute atomic E-state index is 12.1. The van der Waals surface area contributed by atoms with E-state index in [2.05, 4.69) is 0 Å². The molecule has 1 aliphatic carbocycles. The van der Waals surface area contributed by atoms with Gasteiger partial charge in [0.05, 0.1) is 10.5 Å². The van der Waals surface area contributed by atoms with Crippen LogP contribution in [0.3, 0.4) is 0 Å². The van der Waals surface area contributed by atoms with E-state index in [1.165, 1.54) is 43.5 Å². The van der Waals surface area contributed by atoms with Crippen LogP contribution in [-0.2, 0) is 4.74 Å². The zero-order chi connectivity index (χ0) is 15.2. The van der Waals surface area contributed by atoms with Gasteiger partial charge in [-0.1, -0.05) is 26.2 Å². The van der Waals surface area contributed by atoms with Gasteiger partial charge in [0.25, 0.3) is 5.69 Å². The smallest absolute Gasteiger partial charge is 0.338 e. The number of carbonyl (C=O) groups excluding carboxylic acids is 1. The predicted octanol–water partition coefficient (Wildman–Crippen LogP) is 4.11. The third kappa shape index (κ3) is 4.03. The van der Waals surface area contributed by atoms with Crippen LogP contribution in [0.5, 0.6) is 0 Å². The molecule has 1 atom stereocenters. The Labute approximate surface area is 124 Å². The van der Waals surface area contributed by atoms with Gasteiger partial charge in [0.2, 0.25) is 0 Å². The molecule has 114 valence electrons. The van der Waals surface area contributed by atoms with Crippen LogP contribution in [0, 0.1) is 16.0 Å². The molecule has 5 nitrogen and oxygen atoms in total. The van der Waals surface area contributed by atoms with Crippen molar-refractivity contribution in [3.05, 3.63) is 39.9 Å². The topological polar surface area (TPSA) is 69.4 Å². The summed E-state index contributed by atoms with van der Waals surface area (Å²) in [5.41, 5.74) is 0.348. The molecule has 0 N–H and O–H groups in total. The number of hydrogen-bond donors (Lipinski definition) is 0. The normalized spacial score (nSPS) is 17.2. The van der Waals surface area contributed by atoms with Gasteiger partial charge < -0.3 is 4.74 Å². The number of carbonyl (C=O) groups is 1. The molecule has 0 bridgehead atoms. The number of esters is 1. The SMILES string of the molecule is CC[C@H](OC(=O)c1ccc([N+](=O)[O-])cc1)C1CCCCC1. The van der Waals surface area contributed by atoms with Gasteiger partial charge >= 0.3 is 5.97 Å². The van der Waals surface area contributed by atoms with E-state index in [4.69, 9.17) is 4.74 Å². The van der Waals surface area contributed by atoms with E-state index in [-0.39, 0.29) is 17.8 Å². The average Bonchev–Trinajstić information content (AvgIpc) is 2.53. The minimum absolute atomic E-state index is 0.0223. The molecule has 0 radical (unpaired) electrons. The van der Waals surface area contributed by atoms with E-state index in [1.807, 2.05) is 6.92 Å². The first-order chi connectivity index (χ1) is 10.1. The van der Waals surface area contributed by atoms with Crippen molar-refractivity contribution >= 4 is 11.7 Å². The van der Waals surface area contributed by atoms with Crippen LogP contribution in [0.1, 0.15) is 55.8 Å². The molecule has 0 amide bonds. The van der Waals surface area contributed by atoms with Gasteiger partial charge in [-0.3, -0.25) is 10.1 Å². The third-order valence-corrected chi connectivity index (χ3v) is 4.15. The van der Waals surface area contributed by atoms with Crippen LogP contribution >= 0.6 is 0 Å². The second kappa shape index (κ2) is 7.20. The molecule has 1 fully saturated rings. The summed E-state index contributed by atoms with van der Waals surface area (Å²) in [4.78, 5) is 22.3. The number of nitrogens with zero attached hydrogens (tertiary/aromatic N) is 1. The second-order valence-corrected chi connectivity index (χ2v) is 5.55. The van der Waals surface area contributed by atoms with Crippen LogP contribution in [-0.4, -0.2) is 17.0 Å². The van der Waals surface area contributed by atoms with E-state index >= 15 is 0 Å². The fourth-order valence-corrected chi connectivity index (χ4v) is 2.94. The lowest BCUT2D eigenvalue weighted by molar-refractivity contribution is -0.384. The summed E-state index contributed by atoms with van der Waals surface area (Å²) in [6.45, 7) is 2.03. The van der Waals surface area contributed by atoms with Crippen molar-refractivity contribution in [2.75, 3.05) is 0 Å². The monoisotopic (exact) mass is 291 g/mol. The summed E-state index contributed by atoms with van der Waals surface area (Å²) in [6, 6.07) is 5.57. The molecule has 1 aliphatic rings. The first-order valence-corrected chi connectivity index (χ1v) is 7.57. The highest BCUT2D eigenvalue weighted by atomic mass is 16.6. The number of nitro benzene ring substituents is 1. The van der Waals surface area contributed by atoms with Crippen LogP contribution in [0.2, 0.25) is 0 Å². The van der Waals surface area contributed by atoms with Gasteiger partial charge in [-0.15, -0.1) is 0 Å². The average molecular weight is 291 g/mol. The Bertz CT molecular complexity index is 492. The molecule has 0 aliphatic heterocycles. The van der Waals surface area contributed by atoms with Gasteiger partial charge in [0.1, 0.15) is 6.10 Å². The summed E-state index contributed by atoms with van der Waals surface area (Å²) in [6.07, 6.45) is 6.67. The number of hydrogen-bond acceptors (Lipinski definition) is 4. The Kier molecular flexibility index (Phi) is 5.31. The number of rotatable bonds is 5. The molecule has 21 heavy (non-hydrogen) atoms. The standard InChI is InChI=1S/C16H21NO4/c1-2-15(12-6-4-3-5-7-12)21-16(18)13-8-10-14(11-9-13)17(19)20/h8-12,15H,2-7H2,1H3/t15-/m0/s1. The van der Waals surface area contributed by atoms with Gasteiger partial charge in [-0.2, -0.15) is 0 Å². The summed E-state index contributed by atoms with van der Waals surface area (Å²) in [7, 11) is 0. The summed E-state index contributed by atoms with van der Waals surface area (Å²) in [5.74, 6) is 0.0630. The molecular weight excluding hydrogens is 270 g/mol. The van der Waals surface area contributed by atoms with Crippen molar-refractivity contribution in [1.29, 1.82) is 0 Å². The first kappa shape index (κ1) is 15.5. The lowest BCUT2D eigenvalue weighted by atomic mass is 9.84. The van der Waals surface area contributed by atoms with Crippen LogP contribution < -0.4 is 0 Å². The highest BCUT2D eigenvalue weighted by molar-refractivity contribution is 5.89. The van der Waals surface area contributed by atoms with Crippen molar-refractivity contribution in [3.63, 3.8) is 0 Å². The molecular formula is C16H21NO4. The van der Waals surface area contributed by atoms with Crippen LogP contribution in [0.15, 0.2) is 24.3 Å². The number of benzene rings is 1. The van der Waals surface area contributed by atoms with Gasteiger partial charge in [0, 0.05) is 12.1 Å². The number of nitro groups is 1. The van der Waals surface area contributed by atoms with Crippen molar-refractivity contribution in [3.8, 4) is 0 Å². The van der Waals surface area contributed by atoms with Gasteiger partial charge in [-0.05, 0) is 37.3 Å². The van der Waals surface area contributed by atoms with E-state index in [0.717, 1.165) is 19.3 Å². The van der Waals surface area contributed by atoms with Crippen LogP contribution in [0.25, 0.3) is 0 Å². The van der Waals surface area contributed by atoms with E-state index in [0.29, 0.717) is 11.5 Å². The van der Waals surface area contributed by atoms with Crippen molar-refractivity contribution in [1.82, 2.24) is 0 Å². The molecule has 2 rings (SSSR count). The zero-order valence-electron chi connectivity index (χ0n) is 12.3. The largest absolute Gasteiger partial charge is 0.459 e. The Hall–Kier alpha value is -1.91. The molecule has 1 saturated carbocycles. The number of ether oxygens (including phenoxy) is 1. The molecule has 0 aromatic heterocycles. The summed E-state index contributed by atoms with van der Waals surface area (Å²) in [5, 5.41) is 10.6. The Balaban J connectivity index is 1.99. The maximum Gasteiger partial charge on any atom is 0.338 e. The molecule has 1 aromatic carbocycles. The van der Waals surface area contributed by atoms with E-state index in [9.17, 15) is 14.9 Å². The lowest BCUT2D eigenvalue weighted by Crippen LogP contribution is -2.28. The zero-order valence-corrected chi connectivity index (χ0v) is 12.3. The van der Waals surface area contributed by atoms with E-state index < -0.39 is 4.92 Å². The van der Waals surface area contributed by atoms with Crippen molar-refractivity contribution < 1.29 is 14.5 Å². The summed E-state index contributed by atoms with van der Waals surface area (Å²) < 4.78 is 5.62. The first-order valence-electron chi connectivity index (χ1n) is 7.57.